The van der Waals surface area contributed by atoms with Gasteiger partial charge in [-0.05, 0) is 128 Å². The zero-order valence-electron chi connectivity index (χ0n) is 51.5. The van der Waals surface area contributed by atoms with Crippen LogP contribution >= 0.6 is 0 Å². The van der Waals surface area contributed by atoms with Crippen molar-refractivity contribution in [1.82, 2.24) is 0 Å². The van der Waals surface area contributed by atoms with Gasteiger partial charge in [0.05, 0.1) is 6.61 Å². The minimum Gasteiger partial charge on any atom is -0.462 e. The van der Waals surface area contributed by atoms with Crippen LogP contribution in [0, 0.1) is 0 Å². The molecule has 0 aromatic heterocycles. The maximum atomic E-state index is 12.3. The number of allylic oxidation sites excluding steroid dienone is 28. The first-order valence-electron chi connectivity index (χ1n) is 32.7. The third kappa shape index (κ3) is 65.8. The standard InChI is InChI=1S/C75H120O5/c1-3-5-7-9-11-13-15-17-19-21-23-25-27-29-30-31-32-33-34-35-36-37-38-39-40-41-42-43-44-46-48-50-52-54-56-58-60-62-64-66-68-70-75(78)80-73(71-76)72-79-74(77)69-67-65-63-61-59-57-55-53-51-49-47-45-28-26-24-22-20-18-16-14-12-10-8-6-4-2/h5-8,11-14,17-20,23-26,29-30,32-33,35-36,45,47,51,53,57,59,73,76H,3-4,9-10,15-16,21-22,27-28,31,34,37-44,46,48-50,52,54-56,58,60-72H2,1-2H3/b7-5-,8-6-,13-11-,14-12-,19-17-,20-18-,25-23-,26-24-,30-29-,33-32-,36-35-,47-45-,53-51-,59-57-. The summed E-state index contributed by atoms with van der Waals surface area (Å²) in [6.45, 7) is 3.89. The molecule has 0 aliphatic rings. The minimum absolute atomic E-state index is 0.0912. The number of carbonyl (C=O) groups is 2. The number of rotatable bonds is 58. The number of aliphatic hydroxyl groups excluding tert-OH is 1. The van der Waals surface area contributed by atoms with Gasteiger partial charge in [0.15, 0.2) is 6.10 Å². The molecule has 80 heavy (non-hydrogen) atoms. The highest BCUT2D eigenvalue weighted by molar-refractivity contribution is 5.70. The minimum atomic E-state index is -0.798. The molecule has 0 aromatic rings. The monoisotopic (exact) mass is 1100 g/mol. The second-order valence-electron chi connectivity index (χ2n) is 21.1. The average Bonchev–Trinajstić information content (AvgIpc) is 3.46. The average molecular weight is 1100 g/mol. The Balaban J connectivity index is 3.54. The summed E-state index contributed by atoms with van der Waals surface area (Å²) < 4.78 is 10.7. The highest BCUT2D eigenvalue weighted by Crippen LogP contribution is 2.16. The second-order valence-corrected chi connectivity index (χ2v) is 21.1. The van der Waals surface area contributed by atoms with E-state index in [9.17, 15) is 14.7 Å². The smallest absolute Gasteiger partial charge is 0.306 e. The van der Waals surface area contributed by atoms with Crippen molar-refractivity contribution in [2.45, 2.75) is 277 Å². The van der Waals surface area contributed by atoms with Crippen LogP contribution in [-0.4, -0.2) is 36.4 Å². The Kier molecular flexibility index (Phi) is 64.5. The van der Waals surface area contributed by atoms with Crippen LogP contribution in [0.15, 0.2) is 170 Å². The van der Waals surface area contributed by atoms with Crippen LogP contribution in [-0.2, 0) is 19.1 Å². The van der Waals surface area contributed by atoms with Crippen LogP contribution in [0.3, 0.4) is 0 Å². The van der Waals surface area contributed by atoms with Gasteiger partial charge in [0.1, 0.15) is 6.61 Å². The van der Waals surface area contributed by atoms with Gasteiger partial charge in [0.25, 0.3) is 0 Å². The number of ether oxygens (including phenoxy) is 2. The van der Waals surface area contributed by atoms with Crippen molar-refractivity contribution >= 4 is 11.9 Å². The molecule has 1 atom stereocenters. The van der Waals surface area contributed by atoms with E-state index in [1.54, 1.807) is 0 Å². The topological polar surface area (TPSA) is 72.8 Å². The molecule has 0 aliphatic carbocycles. The van der Waals surface area contributed by atoms with Gasteiger partial charge >= 0.3 is 11.9 Å². The molecule has 0 rings (SSSR count). The summed E-state index contributed by atoms with van der Waals surface area (Å²) in [5.74, 6) is -0.633. The molecule has 5 heteroatoms. The molecule has 0 heterocycles. The van der Waals surface area contributed by atoms with Crippen molar-refractivity contribution in [3.8, 4) is 0 Å². The first-order valence-corrected chi connectivity index (χ1v) is 32.7. The summed E-state index contributed by atoms with van der Waals surface area (Å²) in [7, 11) is 0. The van der Waals surface area contributed by atoms with Crippen molar-refractivity contribution < 1.29 is 24.2 Å². The summed E-state index contributed by atoms with van der Waals surface area (Å²) in [6, 6.07) is 0. The zero-order chi connectivity index (χ0) is 57.6. The highest BCUT2D eigenvalue weighted by atomic mass is 16.6. The lowest BCUT2D eigenvalue weighted by atomic mass is 10.0. The largest absolute Gasteiger partial charge is 0.462 e. The zero-order valence-corrected chi connectivity index (χ0v) is 51.5. The molecule has 1 unspecified atom stereocenters. The Hall–Kier alpha value is -4.74. The van der Waals surface area contributed by atoms with Crippen LogP contribution in [0.25, 0.3) is 0 Å². The fourth-order valence-electron chi connectivity index (χ4n) is 8.69. The maximum Gasteiger partial charge on any atom is 0.306 e. The molecule has 0 aliphatic heterocycles. The maximum absolute atomic E-state index is 12.3. The Morgan fingerprint density at radius 1 is 0.287 bits per heavy atom. The lowest BCUT2D eigenvalue weighted by Gasteiger charge is -2.15. The number of esters is 2. The van der Waals surface area contributed by atoms with Gasteiger partial charge in [-0.3, -0.25) is 9.59 Å². The lowest BCUT2D eigenvalue weighted by Crippen LogP contribution is -2.28. The van der Waals surface area contributed by atoms with E-state index < -0.39 is 6.10 Å². The molecule has 0 aromatic carbocycles. The van der Waals surface area contributed by atoms with Crippen LogP contribution in [0.4, 0.5) is 0 Å². The van der Waals surface area contributed by atoms with E-state index in [-0.39, 0.29) is 25.2 Å². The fraction of sp³-hybridized carbons (Fsp3) is 0.600. The molecule has 0 fully saturated rings. The van der Waals surface area contributed by atoms with Gasteiger partial charge in [-0.15, -0.1) is 0 Å². The third-order valence-corrected chi connectivity index (χ3v) is 13.5. The van der Waals surface area contributed by atoms with E-state index in [1.165, 1.54) is 109 Å². The van der Waals surface area contributed by atoms with Crippen LogP contribution < -0.4 is 0 Å². The third-order valence-electron chi connectivity index (χ3n) is 13.5. The second kappa shape index (κ2) is 68.5. The Bertz CT molecular complexity index is 1770. The van der Waals surface area contributed by atoms with E-state index >= 15 is 0 Å². The van der Waals surface area contributed by atoms with E-state index in [1.807, 2.05) is 0 Å². The van der Waals surface area contributed by atoms with Gasteiger partial charge in [0, 0.05) is 12.8 Å². The van der Waals surface area contributed by atoms with Crippen molar-refractivity contribution in [1.29, 1.82) is 0 Å². The first-order chi connectivity index (χ1) is 39.6. The fourth-order valence-corrected chi connectivity index (χ4v) is 8.69. The molecule has 1 N–H and O–H groups in total. The summed E-state index contributed by atoms with van der Waals surface area (Å²) >= 11 is 0. The van der Waals surface area contributed by atoms with E-state index in [4.69, 9.17) is 9.47 Å². The van der Waals surface area contributed by atoms with Crippen LogP contribution in [0.2, 0.25) is 0 Å². The van der Waals surface area contributed by atoms with Crippen molar-refractivity contribution in [3.05, 3.63) is 170 Å². The molecule has 0 spiro atoms. The van der Waals surface area contributed by atoms with Crippen LogP contribution in [0.5, 0.6) is 0 Å². The molecule has 450 valence electrons. The summed E-state index contributed by atoms with van der Waals surface area (Å²) in [4.78, 5) is 24.6. The van der Waals surface area contributed by atoms with E-state index in [0.29, 0.717) is 12.8 Å². The van der Waals surface area contributed by atoms with Crippen molar-refractivity contribution in [2.75, 3.05) is 13.2 Å². The van der Waals surface area contributed by atoms with Gasteiger partial charge < -0.3 is 14.6 Å². The van der Waals surface area contributed by atoms with E-state index in [0.717, 1.165) is 135 Å². The van der Waals surface area contributed by atoms with Gasteiger partial charge in [0.2, 0.25) is 0 Å². The van der Waals surface area contributed by atoms with Gasteiger partial charge in [-0.2, -0.15) is 0 Å². The van der Waals surface area contributed by atoms with Crippen molar-refractivity contribution in [2.24, 2.45) is 0 Å². The van der Waals surface area contributed by atoms with E-state index in [2.05, 4.69) is 184 Å². The predicted octanol–water partition coefficient (Wildman–Crippen LogP) is 22.9. The molecule has 0 saturated carbocycles. The molecule has 0 amide bonds. The molecular formula is C75H120O5. The number of hydrogen-bond acceptors (Lipinski definition) is 5. The van der Waals surface area contributed by atoms with Crippen molar-refractivity contribution in [3.63, 3.8) is 0 Å². The number of aliphatic hydroxyl groups is 1. The summed E-state index contributed by atoms with van der Waals surface area (Å²) in [6.07, 6.45) is 106. The summed E-state index contributed by atoms with van der Waals surface area (Å²) in [5.41, 5.74) is 0. The molecule has 0 radical (unpaired) electrons. The first kappa shape index (κ1) is 75.3. The molecule has 5 nitrogen and oxygen atoms in total. The molecular weight excluding hydrogens is 981 g/mol. The molecule has 0 bridgehead atoms. The SMILES string of the molecule is CC/C=C\C/C=C\C/C=C\C/C=C\C/C=C\C/C=C\C/C=C\CCCCCCCCCCCCCCCCCCCCCC(=O)OC(CO)COC(=O)CCCCC/C=C\C/C=C\C/C=C\C/C=C\C/C=C\C/C=C\C/C=C\CC. The Morgan fingerprint density at radius 2 is 0.500 bits per heavy atom. The number of hydrogen-bond donors (Lipinski definition) is 1. The lowest BCUT2D eigenvalue weighted by molar-refractivity contribution is -0.161. The highest BCUT2D eigenvalue weighted by Gasteiger charge is 2.16. The quantitative estimate of drug-likeness (QED) is 0.0373. The van der Waals surface area contributed by atoms with Gasteiger partial charge in [-0.25, -0.2) is 0 Å². The predicted molar refractivity (Wildman–Crippen MR) is 352 cm³/mol. The normalized spacial score (nSPS) is 13.4. The van der Waals surface area contributed by atoms with Gasteiger partial charge in [-0.1, -0.05) is 300 Å². The Morgan fingerprint density at radius 3 is 0.762 bits per heavy atom. The summed E-state index contributed by atoms with van der Waals surface area (Å²) in [5, 5.41) is 9.68. The van der Waals surface area contributed by atoms with Crippen LogP contribution in [0.1, 0.15) is 271 Å². The molecule has 0 saturated heterocycles. The Labute approximate surface area is 493 Å². The number of carbonyl (C=O) groups excluding carboxylic acids is 2. The number of unbranched alkanes of at least 4 members (excludes halogenated alkanes) is 22.